The van der Waals surface area contributed by atoms with Gasteiger partial charge in [0.05, 0.1) is 12.1 Å². The lowest BCUT2D eigenvalue weighted by Crippen LogP contribution is -2.63. The minimum absolute atomic E-state index is 0.0307. The number of piperazine rings is 1. The largest absolute Gasteiger partial charge is 0.465 e. The number of hydrogen-bond acceptors (Lipinski definition) is 6. The molecule has 0 saturated carbocycles. The monoisotopic (exact) mass is 403 g/mol. The number of ether oxygens (including phenoxy) is 1. The van der Waals surface area contributed by atoms with Crippen LogP contribution in [0.4, 0.5) is 5.69 Å². The number of anilines is 1. The van der Waals surface area contributed by atoms with Crippen LogP contribution in [-0.4, -0.2) is 71.7 Å². The zero-order valence-electron chi connectivity index (χ0n) is 17.2. The van der Waals surface area contributed by atoms with Gasteiger partial charge in [-0.05, 0) is 45.0 Å². The van der Waals surface area contributed by atoms with Crippen LogP contribution in [0.5, 0.6) is 0 Å². The molecule has 0 aromatic heterocycles. The molecule has 1 aliphatic rings. The first kappa shape index (κ1) is 22.4. The Kier molecular flexibility index (Phi) is 7.33. The molecular formula is C20H29N5O4. The molecule has 0 radical (unpaired) electrons. The Bertz CT molecular complexity index is 776. The van der Waals surface area contributed by atoms with E-state index in [0.717, 1.165) is 0 Å². The van der Waals surface area contributed by atoms with Gasteiger partial charge in [-0.2, -0.15) is 0 Å². The van der Waals surface area contributed by atoms with Crippen molar-refractivity contribution in [2.75, 3.05) is 38.1 Å². The van der Waals surface area contributed by atoms with E-state index >= 15 is 0 Å². The highest BCUT2D eigenvalue weighted by Crippen LogP contribution is 2.23. The van der Waals surface area contributed by atoms with Crippen molar-refractivity contribution in [2.45, 2.75) is 32.7 Å². The lowest BCUT2D eigenvalue weighted by molar-refractivity contribution is -0.157. The van der Waals surface area contributed by atoms with Crippen molar-refractivity contribution in [3.63, 3.8) is 0 Å². The van der Waals surface area contributed by atoms with Gasteiger partial charge in [0.25, 0.3) is 0 Å². The standard InChI is InChI=1S/C20H29N5O4/c1-4-29-17(27)13-24-11-12-25(20(2,3)19(24)28)10-9-16(26)23-15-7-5-14(6-8-15)18(21)22/h5-8H,4,9-13H2,1-3H3,(H3,21,22)(H,23,26). The van der Waals surface area contributed by atoms with Gasteiger partial charge in [0.2, 0.25) is 11.8 Å². The van der Waals surface area contributed by atoms with E-state index in [-0.39, 0.29) is 37.2 Å². The topological polar surface area (TPSA) is 129 Å². The molecule has 0 bridgehead atoms. The minimum atomic E-state index is -0.811. The molecule has 29 heavy (non-hydrogen) atoms. The van der Waals surface area contributed by atoms with Gasteiger partial charge >= 0.3 is 5.97 Å². The molecule has 2 rings (SSSR count). The molecule has 1 heterocycles. The Hall–Kier alpha value is -2.94. The highest BCUT2D eigenvalue weighted by atomic mass is 16.5. The van der Waals surface area contributed by atoms with E-state index in [1.807, 2.05) is 4.90 Å². The van der Waals surface area contributed by atoms with E-state index in [1.165, 1.54) is 4.90 Å². The molecule has 0 atom stereocenters. The summed E-state index contributed by atoms with van der Waals surface area (Å²) in [5.74, 6) is -0.771. The molecular weight excluding hydrogens is 374 g/mol. The van der Waals surface area contributed by atoms with Crippen molar-refractivity contribution in [2.24, 2.45) is 5.73 Å². The lowest BCUT2D eigenvalue weighted by atomic mass is 9.97. The normalized spacial score (nSPS) is 16.4. The van der Waals surface area contributed by atoms with Crippen LogP contribution in [0.25, 0.3) is 0 Å². The molecule has 1 aliphatic heterocycles. The number of nitrogens with zero attached hydrogens (tertiary/aromatic N) is 2. The first-order valence-electron chi connectivity index (χ1n) is 9.59. The third-order valence-electron chi connectivity index (χ3n) is 4.95. The number of benzene rings is 1. The van der Waals surface area contributed by atoms with Crippen LogP contribution in [0.3, 0.4) is 0 Å². The lowest BCUT2D eigenvalue weighted by Gasteiger charge is -2.45. The summed E-state index contributed by atoms with van der Waals surface area (Å²) in [5, 5.41) is 10.2. The smallest absolute Gasteiger partial charge is 0.325 e. The summed E-state index contributed by atoms with van der Waals surface area (Å²) < 4.78 is 4.93. The molecule has 1 saturated heterocycles. The van der Waals surface area contributed by atoms with Crippen molar-refractivity contribution in [3.8, 4) is 0 Å². The van der Waals surface area contributed by atoms with E-state index in [4.69, 9.17) is 15.9 Å². The van der Waals surface area contributed by atoms with Gasteiger partial charge in [-0.1, -0.05) is 0 Å². The minimum Gasteiger partial charge on any atom is -0.465 e. The van der Waals surface area contributed by atoms with Crippen LogP contribution in [0.15, 0.2) is 24.3 Å². The van der Waals surface area contributed by atoms with Gasteiger partial charge in [-0.25, -0.2) is 0 Å². The summed E-state index contributed by atoms with van der Waals surface area (Å²) in [7, 11) is 0. The summed E-state index contributed by atoms with van der Waals surface area (Å²) in [4.78, 5) is 40.2. The summed E-state index contributed by atoms with van der Waals surface area (Å²) in [6.45, 7) is 6.95. The first-order valence-corrected chi connectivity index (χ1v) is 9.59. The number of amides is 2. The maximum Gasteiger partial charge on any atom is 0.325 e. The maximum absolute atomic E-state index is 12.8. The van der Waals surface area contributed by atoms with E-state index in [2.05, 4.69) is 5.32 Å². The fourth-order valence-electron chi connectivity index (χ4n) is 3.24. The number of hydrogen-bond donors (Lipinski definition) is 3. The van der Waals surface area contributed by atoms with Crippen molar-refractivity contribution in [1.82, 2.24) is 9.80 Å². The zero-order chi connectivity index (χ0) is 21.6. The van der Waals surface area contributed by atoms with Crippen LogP contribution < -0.4 is 11.1 Å². The molecule has 0 unspecified atom stereocenters. The second-order valence-electron chi connectivity index (χ2n) is 7.37. The fourth-order valence-corrected chi connectivity index (χ4v) is 3.24. The average molecular weight is 403 g/mol. The Balaban J connectivity index is 1.88. The van der Waals surface area contributed by atoms with Crippen LogP contribution in [0.2, 0.25) is 0 Å². The van der Waals surface area contributed by atoms with E-state index < -0.39 is 11.5 Å². The number of nitrogens with one attached hydrogen (secondary N) is 2. The molecule has 1 aromatic carbocycles. The summed E-state index contributed by atoms with van der Waals surface area (Å²) in [6, 6.07) is 6.72. The van der Waals surface area contributed by atoms with Crippen molar-refractivity contribution in [1.29, 1.82) is 5.41 Å². The predicted molar refractivity (Wildman–Crippen MR) is 110 cm³/mol. The number of carbonyl (C=O) groups is 3. The van der Waals surface area contributed by atoms with Crippen molar-refractivity contribution in [3.05, 3.63) is 29.8 Å². The summed E-state index contributed by atoms with van der Waals surface area (Å²) in [6.07, 6.45) is 0.225. The number of nitrogens with two attached hydrogens (primary N) is 1. The third kappa shape index (κ3) is 5.77. The Morgan fingerprint density at radius 1 is 1.24 bits per heavy atom. The van der Waals surface area contributed by atoms with E-state index in [1.54, 1.807) is 45.0 Å². The van der Waals surface area contributed by atoms with Crippen molar-refractivity contribution < 1.29 is 19.1 Å². The van der Waals surface area contributed by atoms with Gasteiger partial charge in [0, 0.05) is 37.3 Å². The van der Waals surface area contributed by atoms with E-state index in [0.29, 0.717) is 30.9 Å². The highest BCUT2D eigenvalue weighted by molar-refractivity contribution is 5.96. The van der Waals surface area contributed by atoms with Crippen LogP contribution in [0.1, 0.15) is 32.8 Å². The zero-order valence-corrected chi connectivity index (χ0v) is 17.2. The van der Waals surface area contributed by atoms with Gasteiger partial charge in [-0.15, -0.1) is 0 Å². The van der Waals surface area contributed by atoms with Crippen LogP contribution >= 0.6 is 0 Å². The molecule has 158 valence electrons. The first-order chi connectivity index (χ1) is 13.6. The number of amidine groups is 1. The number of rotatable bonds is 8. The maximum atomic E-state index is 12.8. The van der Waals surface area contributed by atoms with Gasteiger partial charge in [0.1, 0.15) is 12.4 Å². The molecule has 2 amide bonds. The van der Waals surface area contributed by atoms with Gasteiger partial charge in [0.15, 0.2) is 0 Å². The Morgan fingerprint density at radius 2 is 1.90 bits per heavy atom. The Labute approximate surface area is 170 Å². The van der Waals surface area contributed by atoms with Gasteiger partial charge in [-0.3, -0.25) is 24.7 Å². The molecule has 4 N–H and O–H groups in total. The molecule has 0 aliphatic carbocycles. The molecule has 9 nitrogen and oxygen atoms in total. The number of nitrogen functional groups attached to an aromatic ring is 1. The molecule has 9 heteroatoms. The van der Waals surface area contributed by atoms with Crippen LogP contribution in [0, 0.1) is 5.41 Å². The van der Waals surface area contributed by atoms with Crippen LogP contribution in [-0.2, 0) is 19.1 Å². The Morgan fingerprint density at radius 3 is 2.48 bits per heavy atom. The highest BCUT2D eigenvalue weighted by Gasteiger charge is 2.42. The number of carbonyl (C=O) groups excluding carboxylic acids is 3. The summed E-state index contributed by atoms with van der Waals surface area (Å²) >= 11 is 0. The fraction of sp³-hybridized carbons (Fsp3) is 0.500. The van der Waals surface area contributed by atoms with E-state index in [9.17, 15) is 14.4 Å². The number of esters is 1. The predicted octanol–water partition coefficient (Wildman–Crippen LogP) is 0.785. The third-order valence-corrected chi connectivity index (χ3v) is 4.95. The quantitative estimate of drug-likeness (QED) is 0.334. The summed E-state index contributed by atoms with van der Waals surface area (Å²) in [5.41, 5.74) is 5.81. The second-order valence-corrected chi connectivity index (χ2v) is 7.37. The second kappa shape index (κ2) is 9.51. The molecule has 0 spiro atoms. The SMILES string of the molecule is CCOC(=O)CN1CCN(CCC(=O)Nc2ccc(C(=N)N)cc2)C(C)(C)C1=O. The average Bonchev–Trinajstić information content (AvgIpc) is 2.65. The van der Waals surface area contributed by atoms with Gasteiger partial charge < -0.3 is 20.7 Å². The van der Waals surface area contributed by atoms with Crippen molar-refractivity contribution >= 4 is 29.3 Å². The molecule has 1 aromatic rings. The molecule has 1 fully saturated rings.